The summed E-state index contributed by atoms with van der Waals surface area (Å²) >= 11 is 0. The van der Waals surface area contributed by atoms with Gasteiger partial charge in [0.25, 0.3) is 0 Å². The second-order valence-corrected chi connectivity index (χ2v) is 3.41. The zero-order chi connectivity index (χ0) is 10.7. The van der Waals surface area contributed by atoms with Crippen LogP contribution in [0.25, 0.3) is 0 Å². The SMILES string of the molecule is NCCOc1cc(N2CC(O)C2)ncn1. The molecular formula is C9H14N4O2. The zero-order valence-corrected chi connectivity index (χ0v) is 8.33. The molecule has 0 aromatic carbocycles. The minimum Gasteiger partial charge on any atom is -0.476 e. The van der Waals surface area contributed by atoms with E-state index in [9.17, 15) is 0 Å². The lowest BCUT2D eigenvalue weighted by Gasteiger charge is -2.36. The highest BCUT2D eigenvalue weighted by atomic mass is 16.5. The van der Waals surface area contributed by atoms with Crippen LogP contribution >= 0.6 is 0 Å². The van der Waals surface area contributed by atoms with Crippen molar-refractivity contribution in [1.82, 2.24) is 9.97 Å². The van der Waals surface area contributed by atoms with Gasteiger partial charge in [0, 0.05) is 25.7 Å². The van der Waals surface area contributed by atoms with Crippen molar-refractivity contribution in [3.8, 4) is 5.88 Å². The molecule has 1 aromatic rings. The van der Waals surface area contributed by atoms with Gasteiger partial charge >= 0.3 is 0 Å². The smallest absolute Gasteiger partial charge is 0.218 e. The normalized spacial score (nSPS) is 16.3. The fourth-order valence-electron chi connectivity index (χ4n) is 1.39. The third kappa shape index (κ3) is 2.34. The van der Waals surface area contributed by atoms with E-state index in [0.717, 1.165) is 5.82 Å². The average molecular weight is 210 g/mol. The molecule has 3 N–H and O–H groups in total. The van der Waals surface area contributed by atoms with Crippen molar-refractivity contribution in [2.24, 2.45) is 5.73 Å². The van der Waals surface area contributed by atoms with Gasteiger partial charge in [-0.05, 0) is 0 Å². The predicted octanol–water partition coefficient (Wildman–Crippen LogP) is -1.01. The first-order chi connectivity index (χ1) is 7.29. The summed E-state index contributed by atoms with van der Waals surface area (Å²) in [6, 6.07) is 1.75. The zero-order valence-electron chi connectivity index (χ0n) is 8.33. The molecule has 0 amide bonds. The molecule has 1 saturated heterocycles. The molecule has 0 bridgehead atoms. The number of aliphatic hydroxyl groups excluding tert-OH is 1. The maximum atomic E-state index is 9.16. The quantitative estimate of drug-likeness (QED) is 0.662. The number of anilines is 1. The van der Waals surface area contributed by atoms with Crippen LogP contribution < -0.4 is 15.4 Å². The van der Waals surface area contributed by atoms with Crippen molar-refractivity contribution in [1.29, 1.82) is 0 Å². The Labute approximate surface area is 87.7 Å². The first-order valence-corrected chi connectivity index (χ1v) is 4.87. The molecule has 0 saturated carbocycles. The van der Waals surface area contributed by atoms with Crippen LogP contribution in [0, 0.1) is 0 Å². The molecule has 2 heterocycles. The van der Waals surface area contributed by atoms with E-state index in [1.54, 1.807) is 6.07 Å². The fraction of sp³-hybridized carbons (Fsp3) is 0.556. The van der Waals surface area contributed by atoms with Gasteiger partial charge in [-0.15, -0.1) is 0 Å². The van der Waals surface area contributed by atoms with Crippen molar-refractivity contribution in [2.45, 2.75) is 6.10 Å². The summed E-state index contributed by atoms with van der Waals surface area (Å²) in [7, 11) is 0. The molecule has 6 heteroatoms. The summed E-state index contributed by atoms with van der Waals surface area (Å²) < 4.78 is 5.28. The van der Waals surface area contributed by atoms with Crippen molar-refractivity contribution < 1.29 is 9.84 Å². The van der Waals surface area contributed by atoms with Crippen molar-refractivity contribution in [3.63, 3.8) is 0 Å². The van der Waals surface area contributed by atoms with E-state index in [0.29, 0.717) is 32.1 Å². The molecule has 82 valence electrons. The highest BCUT2D eigenvalue weighted by Crippen LogP contribution is 2.20. The second kappa shape index (κ2) is 4.41. The topological polar surface area (TPSA) is 84.5 Å². The number of rotatable bonds is 4. The van der Waals surface area contributed by atoms with Crippen molar-refractivity contribution in [3.05, 3.63) is 12.4 Å². The van der Waals surface area contributed by atoms with E-state index in [-0.39, 0.29) is 6.10 Å². The number of nitrogens with zero attached hydrogens (tertiary/aromatic N) is 3. The first kappa shape index (κ1) is 10.1. The summed E-state index contributed by atoms with van der Waals surface area (Å²) in [5, 5.41) is 9.16. The minimum atomic E-state index is -0.242. The van der Waals surface area contributed by atoms with Gasteiger partial charge in [-0.2, -0.15) is 0 Å². The molecule has 1 aliphatic rings. The van der Waals surface area contributed by atoms with Gasteiger partial charge in [-0.25, -0.2) is 9.97 Å². The van der Waals surface area contributed by atoms with Gasteiger partial charge in [0.15, 0.2) is 0 Å². The molecule has 15 heavy (non-hydrogen) atoms. The Hall–Kier alpha value is -1.40. The molecule has 2 rings (SSSR count). The molecule has 0 radical (unpaired) electrons. The van der Waals surface area contributed by atoms with Gasteiger partial charge in [-0.1, -0.05) is 0 Å². The molecule has 0 unspecified atom stereocenters. The van der Waals surface area contributed by atoms with E-state index in [1.807, 2.05) is 4.90 Å². The summed E-state index contributed by atoms with van der Waals surface area (Å²) in [6.07, 6.45) is 1.21. The molecule has 0 atom stereocenters. The summed E-state index contributed by atoms with van der Waals surface area (Å²) in [5.41, 5.74) is 5.32. The Balaban J connectivity index is 1.99. The average Bonchev–Trinajstić information content (AvgIpc) is 2.22. The summed E-state index contributed by atoms with van der Waals surface area (Å²) in [6.45, 7) is 2.14. The van der Waals surface area contributed by atoms with Crippen LogP contribution in [0.5, 0.6) is 5.88 Å². The predicted molar refractivity (Wildman–Crippen MR) is 54.8 cm³/mol. The molecule has 1 fully saturated rings. The van der Waals surface area contributed by atoms with Crippen LogP contribution in [0.15, 0.2) is 12.4 Å². The van der Waals surface area contributed by atoms with Gasteiger partial charge < -0.3 is 20.5 Å². The number of β-amino-alcohol motifs (C(OH)–C–C–N with tert-alkyl or cyclic N) is 1. The Morgan fingerprint density at radius 3 is 3.00 bits per heavy atom. The molecule has 0 spiro atoms. The van der Waals surface area contributed by atoms with Crippen LogP contribution in [0.2, 0.25) is 0 Å². The Bertz CT molecular complexity index is 328. The van der Waals surface area contributed by atoms with Gasteiger partial charge in [0.05, 0.1) is 6.10 Å². The van der Waals surface area contributed by atoms with Crippen LogP contribution in [0.3, 0.4) is 0 Å². The number of ether oxygens (including phenoxy) is 1. The second-order valence-electron chi connectivity index (χ2n) is 3.41. The number of aliphatic hydroxyl groups is 1. The monoisotopic (exact) mass is 210 g/mol. The lowest BCUT2D eigenvalue weighted by atomic mass is 10.2. The summed E-state index contributed by atoms with van der Waals surface area (Å²) in [5.74, 6) is 1.30. The van der Waals surface area contributed by atoms with E-state index >= 15 is 0 Å². The van der Waals surface area contributed by atoms with E-state index in [1.165, 1.54) is 6.33 Å². The number of aromatic nitrogens is 2. The third-order valence-electron chi connectivity index (χ3n) is 2.18. The fourth-order valence-corrected chi connectivity index (χ4v) is 1.39. The highest BCUT2D eigenvalue weighted by molar-refractivity contribution is 5.43. The summed E-state index contributed by atoms with van der Waals surface area (Å²) in [4.78, 5) is 10.0. The molecule has 0 aliphatic carbocycles. The van der Waals surface area contributed by atoms with Crippen LogP contribution in [0.1, 0.15) is 0 Å². The highest BCUT2D eigenvalue weighted by Gasteiger charge is 2.25. The minimum absolute atomic E-state index is 0.242. The molecule has 1 aliphatic heterocycles. The maximum Gasteiger partial charge on any atom is 0.218 e. The lowest BCUT2D eigenvalue weighted by Crippen LogP contribution is -2.51. The van der Waals surface area contributed by atoms with E-state index in [4.69, 9.17) is 15.6 Å². The first-order valence-electron chi connectivity index (χ1n) is 4.87. The maximum absolute atomic E-state index is 9.16. The van der Waals surface area contributed by atoms with Crippen LogP contribution in [0.4, 0.5) is 5.82 Å². The largest absolute Gasteiger partial charge is 0.476 e. The van der Waals surface area contributed by atoms with Gasteiger partial charge in [0.2, 0.25) is 5.88 Å². The van der Waals surface area contributed by atoms with Crippen LogP contribution in [-0.4, -0.2) is 47.4 Å². The molecular weight excluding hydrogens is 196 g/mol. The Kier molecular flexibility index (Phi) is 2.98. The lowest BCUT2D eigenvalue weighted by molar-refractivity contribution is 0.141. The number of hydrogen-bond donors (Lipinski definition) is 2. The van der Waals surface area contributed by atoms with Crippen molar-refractivity contribution >= 4 is 5.82 Å². The van der Waals surface area contributed by atoms with Gasteiger partial charge in [-0.3, -0.25) is 0 Å². The third-order valence-corrected chi connectivity index (χ3v) is 2.18. The molecule has 1 aromatic heterocycles. The van der Waals surface area contributed by atoms with Crippen molar-refractivity contribution in [2.75, 3.05) is 31.1 Å². The number of hydrogen-bond acceptors (Lipinski definition) is 6. The Morgan fingerprint density at radius 1 is 1.53 bits per heavy atom. The number of nitrogens with two attached hydrogens (primary N) is 1. The van der Waals surface area contributed by atoms with Crippen LogP contribution in [-0.2, 0) is 0 Å². The van der Waals surface area contributed by atoms with E-state index < -0.39 is 0 Å². The standard InChI is InChI=1S/C9H14N4O2/c10-1-2-15-9-3-8(11-6-12-9)13-4-7(14)5-13/h3,6-7,14H,1-2,4-5,10H2. The Morgan fingerprint density at radius 2 is 2.33 bits per heavy atom. The van der Waals surface area contributed by atoms with Gasteiger partial charge in [0.1, 0.15) is 18.8 Å². The molecule has 6 nitrogen and oxygen atoms in total. The van der Waals surface area contributed by atoms with E-state index in [2.05, 4.69) is 9.97 Å².